The molecule has 1 aliphatic rings. The van der Waals surface area contributed by atoms with Gasteiger partial charge < -0.3 is 14.4 Å². The van der Waals surface area contributed by atoms with Gasteiger partial charge in [-0.15, -0.1) is 0 Å². The SMILES string of the molecule is NNC(=O)C1CC(=O)N(c2ccc(OCCOc3ccccc3)cc2)C1. The number of nitrogens with zero attached hydrogens (tertiary/aromatic N) is 1. The number of carbonyl (C=O) groups excluding carboxylic acids is 2. The Morgan fingerprint density at radius 1 is 1.04 bits per heavy atom. The van der Waals surface area contributed by atoms with E-state index in [1.54, 1.807) is 29.2 Å². The number of ether oxygens (including phenoxy) is 2. The highest BCUT2D eigenvalue weighted by atomic mass is 16.5. The second-order valence-corrected chi connectivity index (χ2v) is 5.92. The molecule has 1 aliphatic heterocycles. The quantitative estimate of drug-likeness (QED) is 0.340. The number of carbonyl (C=O) groups is 2. The van der Waals surface area contributed by atoms with Crippen molar-refractivity contribution in [2.75, 3.05) is 24.7 Å². The lowest BCUT2D eigenvalue weighted by Gasteiger charge is -2.17. The molecule has 1 fully saturated rings. The lowest BCUT2D eigenvalue weighted by atomic mass is 10.1. The summed E-state index contributed by atoms with van der Waals surface area (Å²) in [4.78, 5) is 25.3. The minimum absolute atomic E-state index is 0.0940. The summed E-state index contributed by atoms with van der Waals surface area (Å²) in [7, 11) is 0. The monoisotopic (exact) mass is 355 g/mol. The zero-order valence-electron chi connectivity index (χ0n) is 14.3. The lowest BCUT2D eigenvalue weighted by molar-refractivity contribution is -0.126. The minimum atomic E-state index is -0.418. The van der Waals surface area contributed by atoms with Gasteiger partial charge in [-0.2, -0.15) is 0 Å². The Balaban J connectivity index is 1.49. The molecule has 0 radical (unpaired) electrons. The first-order valence-electron chi connectivity index (χ1n) is 8.39. The lowest BCUT2D eigenvalue weighted by Crippen LogP contribution is -2.37. The molecule has 3 N–H and O–H groups in total. The molecule has 0 spiro atoms. The van der Waals surface area contributed by atoms with E-state index >= 15 is 0 Å². The topological polar surface area (TPSA) is 93.9 Å². The first kappa shape index (κ1) is 17.8. The maximum Gasteiger partial charge on any atom is 0.239 e. The van der Waals surface area contributed by atoms with Gasteiger partial charge in [-0.1, -0.05) is 18.2 Å². The summed E-state index contributed by atoms with van der Waals surface area (Å²) in [5.41, 5.74) is 2.83. The van der Waals surface area contributed by atoms with Crippen molar-refractivity contribution >= 4 is 17.5 Å². The molecule has 7 nitrogen and oxygen atoms in total. The summed E-state index contributed by atoms with van der Waals surface area (Å²) < 4.78 is 11.2. The highest BCUT2D eigenvalue weighted by molar-refractivity contribution is 6.00. The normalized spacial score (nSPS) is 16.4. The van der Waals surface area contributed by atoms with Crippen LogP contribution < -0.4 is 25.6 Å². The van der Waals surface area contributed by atoms with Crippen molar-refractivity contribution < 1.29 is 19.1 Å². The maximum atomic E-state index is 12.1. The summed E-state index contributed by atoms with van der Waals surface area (Å²) in [6, 6.07) is 16.7. The molecule has 2 aromatic rings. The van der Waals surface area contributed by atoms with Crippen molar-refractivity contribution in [3.05, 3.63) is 54.6 Å². The Bertz CT molecular complexity index is 749. The van der Waals surface area contributed by atoms with Gasteiger partial charge in [0.1, 0.15) is 24.7 Å². The summed E-state index contributed by atoms with van der Waals surface area (Å²) in [6.07, 6.45) is 0.165. The van der Waals surface area contributed by atoms with Crippen LogP contribution in [-0.2, 0) is 9.59 Å². The minimum Gasteiger partial charge on any atom is -0.490 e. The van der Waals surface area contributed by atoms with Crippen molar-refractivity contribution in [2.24, 2.45) is 11.8 Å². The van der Waals surface area contributed by atoms with Crippen LogP contribution in [0.5, 0.6) is 11.5 Å². The molecule has 7 heteroatoms. The summed E-state index contributed by atoms with van der Waals surface area (Å²) >= 11 is 0. The third kappa shape index (κ3) is 4.31. The Hall–Kier alpha value is -3.06. The number of benzene rings is 2. The Morgan fingerprint density at radius 3 is 2.27 bits per heavy atom. The predicted molar refractivity (Wildman–Crippen MR) is 96.7 cm³/mol. The van der Waals surface area contributed by atoms with Gasteiger partial charge in [0.15, 0.2) is 0 Å². The van der Waals surface area contributed by atoms with Gasteiger partial charge >= 0.3 is 0 Å². The van der Waals surface area contributed by atoms with Crippen molar-refractivity contribution in [1.29, 1.82) is 0 Å². The van der Waals surface area contributed by atoms with Crippen LogP contribution in [0.15, 0.2) is 54.6 Å². The second kappa shape index (κ2) is 8.35. The second-order valence-electron chi connectivity index (χ2n) is 5.92. The van der Waals surface area contributed by atoms with E-state index in [0.717, 1.165) is 11.4 Å². The van der Waals surface area contributed by atoms with Gasteiger partial charge in [0.25, 0.3) is 0 Å². The molecule has 0 aromatic heterocycles. The van der Waals surface area contributed by atoms with E-state index in [1.165, 1.54) is 0 Å². The van der Waals surface area contributed by atoms with Crippen LogP contribution in [0.2, 0.25) is 0 Å². The molecule has 0 aliphatic carbocycles. The number of amides is 2. The van der Waals surface area contributed by atoms with Crippen LogP contribution in [0, 0.1) is 5.92 Å². The number of hydrogen-bond acceptors (Lipinski definition) is 5. The number of hydrazine groups is 1. The van der Waals surface area contributed by atoms with Crippen LogP contribution in [0.1, 0.15) is 6.42 Å². The van der Waals surface area contributed by atoms with E-state index in [2.05, 4.69) is 5.43 Å². The fourth-order valence-corrected chi connectivity index (χ4v) is 2.81. The van der Waals surface area contributed by atoms with Gasteiger partial charge in [0.05, 0.1) is 5.92 Å². The predicted octanol–water partition coefficient (Wildman–Crippen LogP) is 1.49. The molecule has 1 unspecified atom stereocenters. The maximum absolute atomic E-state index is 12.1. The van der Waals surface area contributed by atoms with E-state index < -0.39 is 5.92 Å². The highest BCUT2D eigenvalue weighted by Crippen LogP contribution is 2.26. The number of para-hydroxylation sites is 1. The largest absolute Gasteiger partial charge is 0.490 e. The van der Waals surface area contributed by atoms with Gasteiger partial charge in [-0.3, -0.25) is 15.0 Å². The zero-order chi connectivity index (χ0) is 18.4. The third-order valence-corrected chi connectivity index (χ3v) is 4.15. The van der Waals surface area contributed by atoms with E-state index in [9.17, 15) is 9.59 Å². The van der Waals surface area contributed by atoms with Crippen molar-refractivity contribution in [3.63, 3.8) is 0 Å². The molecule has 2 aromatic carbocycles. The van der Waals surface area contributed by atoms with Gasteiger partial charge in [0.2, 0.25) is 11.8 Å². The standard InChI is InChI=1S/C19H21N3O4/c20-21-19(24)14-12-18(23)22(13-14)15-6-8-17(9-7-15)26-11-10-25-16-4-2-1-3-5-16/h1-9,14H,10-13,20H2,(H,21,24). The van der Waals surface area contributed by atoms with E-state index in [-0.39, 0.29) is 18.2 Å². The molecule has 1 heterocycles. The zero-order valence-corrected chi connectivity index (χ0v) is 14.3. The molecule has 0 saturated carbocycles. The van der Waals surface area contributed by atoms with Crippen LogP contribution in [0.25, 0.3) is 0 Å². The summed E-state index contributed by atoms with van der Waals surface area (Å²) in [5.74, 6) is 5.80. The van der Waals surface area contributed by atoms with Crippen LogP contribution >= 0.6 is 0 Å². The van der Waals surface area contributed by atoms with Gasteiger partial charge in [-0.25, -0.2) is 5.84 Å². The highest BCUT2D eigenvalue weighted by Gasteiger charge is 2.34. The third-order valence-electron chi connectivity index (χ3n) is 4.15. The number of nitrogens with one attached hydrogen (secondary N) is 1. The fourth-order valence-electron chi connectivity index (χ4n) is 2.81. The molecule has 1 saturated heterocycles. The number of nitrogens with two attached hydrogens (primary N) is 1. The van der Waals surface area contributed by atoms with Crippen molar-refractivity contribution in [2.45, 2.75) is 6.42 Å². The molecule has 0 bridgehead atoms. The number of rotatable bonds is 7. The molecular weight excluding hydrogens is 334 g/mol. The Labute approximate surface area is 151 Å². The Kier molecular flexibility index (Phi) is 5.70. The molecule has 26 heavy (non-hydrogen) atoms. The van der Waals surface area contributed by atoms with Crippen molar-refractivity contribution in [3.8, 4) is 11.5 Å². The Morgan fingerprint density at radius 2 is 1.65 bits per heavy atom. The van der Waals surface area contributed by atoms with E-state index in [4.69, 9.17) is 15.3 Å². The average molecular weight is 355 g/mol. The smallest absolute Gasteiger partial charge is 0.239 e. The van der Waals surface area contributed by atoms with Crippen LogP contribution in [-0.4, -0.2) is 31.6 Å². The fraction of sp³-hybridized carbons (Fsp3) is 0.263. The first-order chi connectivity index (χ1) is 12.7. The van der Waals surface area contributed by atoms with Crippen LogP contribution in [0.3, 0.4) is 0 Å². The molecule has 136 valence electrons. The van der Waals surface area contributed by atoms with Gasteiger partial charge in [0, 0.05) is 18.7 Å². The van der Waals surface area contributed by atoms with E-state index in [1.807, 2.05) is 30.3 Å². The number of hydrogen-bond donors (Lipinski definition) is 2. The molecule has 1 atom stereocenters. The van der Waals surface area contributed by atoms with Crippen LogP contribution in [0.4, 0.5) is 5.69 Å². The molecule has 2 amide bonds. The number of anilines is 1. The first-order valence-corrected chi connectivity index (χ1v) is 8.39. The van der Waals surface area contributed by atoms with Crippen molar-refractivity contribution in [1.82, 2.24) is 5.43 Å². The van der Waals surface area contributed by atoms with Gasteiger partial charge in [-0.05, 0) is 36.4 Å². The average Bonchev–Trinajstić information content (AvgIpc) is 3.07. The molecular formula is C19H21N3O4. The summed E-state index contributed by atoms with van der Waals surface area (Å²) in [5, 5.41) is 0. The van der Waals surface area contributed by atoms with E-state index in [0.29, 0.717) is 25.5 Å². The summed E-state index contributed by atoms with van der Waals surface area (Å²) in [6.45, 7) is 1.18. The molecule has 3 rings (SSSR count).